The molecule has 0 bridgehead atoms. The number of aryl methyl sites for hydroxylation is 2. The minimum Gasteiger partial charge on any atom is -0.308 e. The van der Waals surface area contributed by atoms with E-state index in [4.69, 9.17) is 0 Å². The van der Waals surface area contributed by atoms with E-state index in [1.807, 2.05) is 37.3 Å². The average Bonchev–Trinajstić information content (AvgIpc) is 2.73. The summed E-state index contributed by atoms with van der Waals surface area (Å²) in [5.74, 6) is -0.0658. The maximum atomic E-state index is 13.0. The van der Waals surface area contributed by atoms with Crippen LogP contribution in [0.3, 0.4) is 0 Å². The number of carbonyl (C=O) groups is 1. The Kier molecular flexibility index (Phi) is 5.11. The Bertz CT molecular complexity index is 1140. The van der Waals surface area contributed by atoms with E-state index in [0.29, 0.717) is 17.8 Å². The minimum atomic E-state index is -3.69. The summed E-state index contributed by atoms with van der Waals surface area (Å²) >= 11 is 0. The molecule has 1 amide bonds. The fourth-order valence-electron chi connectivity index (χ4n) is 3.52. The topological polar surface area (TPSA) is 66.5 Å². The predicted molar refractivity (Wildman–Crippen MR) is 115 cm³/mol. The van der Waals surface area contributed by atoms with Gasteiger partial charge in [0.15, 0.2) is 0 Å². The van der Waals surface area contributed by atoms with Gasteiger partial charge in [0, 0.05) is 23.5 Å². The number of carbonyl (C=O) groups excluding carboxylic acids is 1. The standard InChI is InChI=1S/C23H22N2O3S/c1-17-9-11-18(12-10-17)23(26)25-15-5-6-19-16-21(13-14-22(19)25)29(27,28)24-20-7-3-2-4-8-20/h2-4,7-14,16,24H,5-6,15H2,1H3. The smallest absolute Gasteiger partial charge is 0.261 e. The van der Waals surface area contributed by atoms with Gasteiger partial charge in [-0.05, 0) is 67.8 Å². The Labute approximate surface area is 171 Å². The van der Waals surface area contributed by atoms with E-state index in [9.17, 15) is 13.2 Å². The Morgan fingerprint density at radius 3 is 2.41 bits per heavy atom. The van der Waals surface area contributed by atoms with Crippen molar-refractivity contribution in [1.82, 2.24) is 0 Å². The highest BCUT2D eigenvalue weighted by molar-refractivity contribution is 7.92. The van der Waals surface area contributed by atoms with Gasteiger partial charge in [0.1, 0.15) is 0 Å². The summed E-state index contributed by atoms with van der Waals surface area (Å²) in [5.41, 5.74) is 3.89. The van der Waals surface area contributed by atoms with Crippen molar-refractivity contribution in [3.05, 3.63) is 89.5 Å². The van der Waals surface area contributed by atoms with Gasteiger partial charge in [-0.25, -0.2) is 8.42 Å². The molecule has 6 heteroatoms. The molecule has 0 unspecified atom stereocenters. The van der Waals surface area contributed by atoms with Crippen LogP contribution < -0.4 is 9.62 Å². The quantitative estimate of drug-likeness (QED) is 0.699. The number of benzene rings is 3. The van der Waals surface area contributed by atoms with Gasteiger partial charge in [-0.15, -0.1) is 0 Å². The monoisotopic (exact) mass is 406 g/mol. The molecule has 1 heterocycles. The summed E-state index contributed by atoms with van der Waals surface area (Å²) in [6.45, 7) is 2.60. The van der Waals surface area contributed by atoms with Gasteiger partial charge in [-0.2, -0.15) is 0 Å². The fraction of sp³-hybridized carbons (Fsp3) is 0.174. The lowest BCUT2D eigenvalue weighted by atomic mass is 10.0. The van der Waals surface area contributed by atoms with Crippen LogP contribution in [0.15, 0.2) is 77.7 Å². The zero-order chi connectivity index (χ0) is 20.4. The van der Waals surface area contributed by atoms with E-state index in [1.54, 1.807) is 47.4 Å². The van der Waals surface area contributed by atoms with Crippen LogP contribution in [0, 0.1) is 6.92 Å². The normalized spacial score (nSPS) is 13.6. The van der Waals surface area contributed by atoms with Gasteiger partial charge in [0.25, 0.3) is 15.9 Å². The lowest BCUT2D eigenvalue weighted by molar-refractivity contribution is 0.0985. The first-order valence-electron chi connectivity index (χ1n) is 9.53. The highest BCUT2D eigenvalue weighted by atomic mass is 32.2. The fourth-order valence-corrected chi connectivity index (χ4v) is 4.63. The molecule has 29 heavy (non-hydrogen) atoms. The van der Waals surface area contributed by atoms with Crippen LogP contribution in [-0.4, -0.2) is 20.9 Å². The maximum Gasteiger partial charge on any atom is 0.261 e. The van der Waals surface area contributed by atoms with Crippen LogP contribution in [-0.2, 0) is 16.4 Å². The molecule has 0 aromatic heterocycles. The van der Waals surface area contributed by atoms with Gasteiger partial charge in [-0.1, -0.05) is 35.9 Å². The molecular formula is C23H22N2O3S. The van der Waals surface area contributed by atoms with Gasteiger partial charge in [-0.3, -0.25) is 9.52 Å². The first-order chi connectivity index (χ1) is 13.9. The molecule has 0 saturated heterocycles. The van der Waals surface area contributed by atoms with Crippen LogP contribution in [0.5, 0.6) is 0 Å². The number of fused-ring (bicyclic) bond motifs is 1. The maximum absolute atomic E-state index is 13.0. The van der Waals surface area contributed by atoms with Crippen molar-refractivity contribution in [2.45, 2.75) is 24.7 Å². The highest BCUT2D eigenvalue weighted by Crippen LogP contribution is 2.31. The van der Waals surface area contributed by atoms with Crippen molar-refractivity contribution >= 4 is 27.3 Å². The number of rotatable bonds is 4. The van der Waals surface area contributed by atoms with E-state index in [1.165, 1.54) is 0 Å². The number of hydrogen-bond acceptors (Lipinski definition) is 3. The third kappa shape index (κ3) is 4.03. The zero-order valence-corrected chi connectivity index (χ0v) is 16.9. The molecule has 0 fully saturated rings. The van der Waals surface area contributed by atoms with Gasteiger partial charge >= 0.3 is 0 Å². The third-order valence-electron chi connectivity index (χ3n) is 5.05. The molecule has 3 aromatic rings. The summed E-state index contributed by atoms with van der Waals surface area (Å²) in [5, 5.41) is 0. The summed E-state index contributed by atoms with van der Waals surface area (Å²) in [4.78, 5) is 14.9. The van der Waals surface area contributed by atoms with E-state index < -0.39 is 10.0 Å². The van der Waals surface area contributed by atoms with Crippen LogP contribution in [0.4, 0.5) is 11.4 Å². The lowest BCUT2D eigenvalue weighted by Gasteiger charge is -2.30. The van der Waals surface area contributed by atoms with Crippen molar-refractivity contribution in [3.63, 3.8) is 0 Å². The highest BCUT2D eigenvalue weighted by Gasteiger charge is 2.25. The second-order valence-corrected chi connectivity index (χ2v) is 8.87. The van der Waals surface area contributed by atoms with Gasteiger partial charge < -0.3 is 4.90 Å². The second kappa shape index (κ2) is 7.72. The number of anilines is 2. The van der Waals surface area contributed by atoms with Gasteiger partial charge in [0.2, 0.25) is 0 Å². The Balaban J connectivity index is 1.63. The molecule has 148 valence electrons. The number of amides is 1. The predicted octanol–water partition coefficient (Wildman–Crippen LogP) is 4.39. The van der Waals surface area contributed by atoms with Crippen molar-refractivity contribution in [1.29, 1.82) is 0 Å². The second-order valence-electron chi connectivity index (χ2n) is 7.19. The number of para-hydroxylation sites is 1. The molecule has 1 aliphatic heterocycles. The summed E-state index contributed by atoms with van der Waals surface area (Å²) < 4.78 is 28.1. The lowest BCUT2D eigenvalue weighted by Crippen LogP contribution is -2.35. The first-order valence-corrected chi connectivity index (χ1v) is 11.0. The van der Waals surface area contributed by atoms with Crippen molar-refractivity contribution in [2.24, 2.45) is 0 Å². The van der Waals surface area contributed by atoms with Crippen LogP contribution in [0.2, 0.25) is 0 Å². The van der Waals surface area contributed by atoms with E-state index in [2.05, 4.69) is 4.72 Å². The molecule has 0 saturated carbocycles. The van der Waals surface area contributed by atoms with E-state index in [0.717, 1.165) is 29.7 Å². The molecule has 3 aromatic carbocycles. The molecular weight excluding hydrogens is 384 g/mol. The summed E-state index contributed by atoms with van der Waals surface area (Å²) in [6.07, 6.45) is 1.53. The number of sulfonamides is 1. The molecule has 0 spiro atoms. The number of hydrogen-bond donors (Lipinski definition) is 1. The molecule has 0 aliphatic carbocycles. The Hall–Kier alpha value is -3.12. The molecule has 1 N–H and O–H groups in total. The van der Waals surface area contributed by atoms with Crippen LogP contribution in [0.1, 0.15) is 27.9 Å². The molecule has 0 atom stereocenters. The Morgan fingerprint density at radius 1 is 0.966 bits per heavy atom. The minimum absolute atomic E-state index is 0.0658. The summed E-state index contributed by atoms with van der Waals surface area (Å²) in [7, 11) is -3.69. The van der Waals surface area contributed by atoms with Gasteiger partial charge in [0.05, 0.1) is 4.90 Å². The molecule has 5 nitrogen and oxygen atoms in total. The van der Waals surface area contributed by atoms with Crippen molar-refractivity contribution in [3.8, 4) is 0 Å². The molecule has 0 radical (unpaired) electrons. The first kappa shape index (κ1) is 19.2. The number of nitrogens with one attached hydrogen (secondary N) is 1. The number of nitrogens with zero attached hydrogens (tertiary/aromatic N) is 1. The van der Waals surface area contributed by atoms with Crippen LogP contribution in [0.25, 0.3) is 0 Å². The van der Waals surface area contributed by atoms with Crippen LogP contribution >= 0.6 is 0 Å². The van der Waals surface area contributed by atoms with E-state index in [-0.39, 0.29) is 10.8 Å². The SMILES string of the molecule is Cc1ccc(C(=O)N2CCCc3cc(S(=O)(=O)Nc4ccccc4)ccc32)cc1. The third-order valence-corrected chi connectivity index (χ3v) is 6.43. The Morgan fingerprint density at radius 2 is 1.69 bits per heavy atom. The largest absolute Gasteiger partial charge is 0.308 e. The summed E-state index contributed by atoms with van der Waals surface area (Å²) in [6, 6.07) is 21.3. The van der Waals surface area contributed by atoms with E-state index >= 15 is 0 Å². The molecule has 1 aliphatic rings. The molecule has 4 rings (SSSR count). The van der Waals surface area contributed by atoms with Crippen molar-refractivity contribution in [2.75, 3.05) is 16.2 Å². The van der Waals surface area contributed by atoms with Crippen molar-refractivity contribution < 1.29 is 13.2 Å². The average molecular weight is 407 g/mol. The zero-order valence-electron chi connectivity index (χ0n) is 16.1.